The number of hydrogen-bond acceptors (Lipinski definition) is 2. The molecule has 0 radical (unpaired) electrons. The summed E-state index contributed by atoms with van der Waals surface area (Å²) in [6.45, 7) is 2.25. The largest absolute Gasteiger partial charge is 0.213 e. The maximum atomic E-state index is 11.4. The van der Waals surface area contributed by atoms with Crippen LogP contribution < -0.4 is 0 Å². The summed E-state index contributed by atoms with van der Waals surface area (Å²) in [4.78, 5) is 0. The van der Waals surface area contributed by atoms with Gasteiger partial charge in [-0.3, -0.25) is 0 Å². The average Bonchev–Trinajstić information content (AvgIpc) is 2.27. The molecule has 0 aliphatic heterocycles. The summed E-state index contributed by atoms with van der Waals surface area (Å²) in [6, 6.07) is 0.231. The van der Waals surface area contributed by atoms with Crippen molar-refractivity contribution in [1.82, 2.24) is 4.31 Å². The van der Waals surface area contributed by atoms with Gasteiger partial charge in [0, 0.05) is 13.1 Å². The molecule has 0 bridgehead atoms. The van der Waals surface area contributed by atoms with Crippen LogP contribution in [0.15, 0.2) is 0 Å². The molecule has 1 saturated carbocycles. The van der Waals surface area contributed by atoms with E-state index in [0.29, 0.717) is 0 Å². The minimum absolute atomic E-state index is 0.231. The summed E-state index contributed by atoms with van der Waals surface area (Å²) in [7, 11) is -1.30. The lowest BCUT2D eigenvalue weighted by molar-refractivity contribution is 0.335. The molecule has 0 N–H and O–H groups in total. The zero-order valence-electron chi connectivity index (χ0n) is 9.36. The minimum Gasteiger partial charge on any atom is -0.213 e. The third kappa shape index (κ3) is 3.24. The van der Waals surface area contributed by atoms with E-state index in [1.165, 1.54) is 12.7 Å². The highest BCUT2D eigenvalue weighted by Crippen LogP contribution is 2.26. The van der Waals surface area contributed by atoms with E-state index in [1.807, 2.05) is 0 Å². The summed E-state index contributed by atoms with van der Waals surface area (Å²) in [5, 5.41) is 0. The van der Waals surface area contributed by atoms with Crippen LogP contribution in [0.5, 0.6) is 0 Å². The second-order valence-electron chi connectivity index (χ2n) is 4.55. The maximum Gasteiger partial charge on any atom is 0.211 e. The average molecular weight is 219 g/mol. The van der Waals surface area contributed by atoms with Crippen LogP contribution in [0.25, 0.3) is 0 Å². The van der Waals surface area contributed by atoms with Gasteiger partial charge >= 0.3 is 0 Å². The quantitative estimate of drug-likeness (QED) is 0.665. The molecule has 2 atom stereocenters. The van der Waals surface area contributed by atoms with E-state index in [4.69, 9.17) is 0 Å². The molecule has 0 spiro atoms. The summed E-state index contributed by atoms with van der Waals surface area (Å²) >= 11 is 0. The number of rotatable bonds is 2. The van der Waals surface area contributed by atoms with E-state index < -0.39 is 10.0 Å². The lowest BCUT2D eigenvalue weighted by Gasteiger charge is -2.24. The number of nitrogens with zero attached hydrogens (tertiary/aromatic N) is 1. The third-order valence-electron chi connectivity index (χ3n) is 3.26. The van der Waals surface area contributed by atoms with Crippen molar-refractivity contribution in [1.29, 1.82) is 0 Å². The van der Waals surface area contributed by atoms with Gasteiger partial charge in [0.25, 0.3) is 0 Å². The summed E-state index contributed by atoms with van der Waals surface area (Å²) in [5.74, 6) is 0.757. The molecule has 0 aromatic rings. The van der Waals surface area contributed by atoms with Crippen molar-refractivity contribution in [2.24, 2.45) is 5.92 Å². The zero-order chi connectivity index (χ0) is 10.8. The molecule has 0 aromatic heterocycles. The first-order chi connectivity index (χ1) is 6.41. The molecule has 0 heterocycles. The molecule has 2 unspecified atom stereocenters. The Bertz CT molecular complexity index is 274. The molecule has 0 saturated heterocycles. The SMILES string of the molecule is CC1CCCC(N(C)S(C)(=O)=O)CC1. The molecule has 1 rings (SSSR count). The third-order valence-corrected chi connectivity index (χ3v) is 4.61. The van der Waals surface area contributed by atoms with Gasteiger partial charge in [0.1, 0.15) is 0 Å². The van der Waals surface area contributed by atoms with Crippen LogP contribution in [-0.2, 0) is 10.0 Å². The van der Waals surface area contributed by atoms with Gasteiger partial charge in [-0.15, -0.1) is 0 Å². The first kappa shape index (κ1) is 12.0. The maximum absolute atomic E-state index is 11.4. The van der Waals surface area contributed by atoms with Gasteiger partial charge in [0.15, 0.2) is 0 Å². The molecule has 3 nitrogen and oxygen atoms in total. The lowest BCUT2D eigenvalue weighted by Crippen LogP contribution is -2.35. The van der Waals surface area contributed by atoms with Gasteiger partial charge in [-0.25, -0.2) is 12.7 Å². The van der Waals surface area contributed by atoms with Crippen molar-refractivity contribution in [2.75, 3.05) is 13.3 Å². The Labute approximate surface area is 87.5 Å². The van der Waals surface area contributed by atoms with E-state index in [0.717, 1.165) is 31.6 Å². The lowest BCUT2D eigenvalue weighted by atomic mass is 10.0. The van der Waals surface area contributed by atoms with Crippen LogP contribution in [0.4, 0.5) is 0 Å². The van der Waals surface area contributed by atoms with E-state index >= 15 is 0 Å². The van der Waals surface area contributed by atoms with Crippen LogP contribution in [0.2, 0.25) is 0 Å². The van der Waals surface area contributed by atoms with Crippen LogP contribution in [-0.4, -0.2) is 32.1 Å². The van der Waals surface area contributed by atoms with Gasteiger partial charge in [-0.05, 0) is 25.2 Å². The van der Waals surface area contributed by atoms with Gasteiger partial charge in [-0.1, -0.05) is 19.8 Å². The fraction of sp³-hybridized carbons (Fsp3) is 1.00. The molecule has 84 valence electrons. The highest BCUT2D eigenvalue weighted by Gasteiger charge is 2.24. The van der Waals surface area contributed by atoms with Gasteiger partial charge in [-0.2, -0.15) is 0 Å². The second-order valence-corrected chi connectivity index (χ2v) is 6.59. The Balaban J connectivity index is 2.60. The predicted molar refractivity (Wildman–Crippen MR) is 58.6 cm³/mol. The highest BCUT2D eigenvalue weighted by atomic mass is 32.2. The van der Waals surface area contributed by atoms with Crippen LogP contribution in [0.3, 0.4) is 0 Å². The molecule has 4 heteroatoms. The smallest absolute Gasteiger partial charge is 0.211 e. The Morgan fingerprint density at radius 2 is 1.79 bits per heavy atom. The normalized spacial score (nSPS) is 30.3. The van der Waals surface area contributed by atoms with Crippen molar-refractivity contribution >= 4 is 10.0 Å². The predicted octanol–water partition coefficient (Wildman–Crippen LogP) is 1.85. The fourth-order valence-electron chi connectivity index (χ4n) is 2.10. The van der Waals surface area contributed by atoms with Crippen molar-refractivity contribution in [3.05, 3.63) is 0 Å². The molecule has 14 heavy (non-hydrogen) atoms. The molecular formula is C10H21NO2S. The van der Waals surface area contributed by atoms with Crippen molar-refractivity contribution in [3.8, 4) is 0 Å². The first-order valence-electron chi connectivity index (χ1n) is 5.34. The van der Waals surface area contributed by atoms with E-state index in [9.17, 15) is 8.42 Å². The Hall–Kier alpha value is -0.0900. The minimum atomic E-state index is -3.00. The van der Waals surface area contributed by atoms with E-state index in [2.05, 4.69) is 6.92 Å². The Kier molecular flexibility index (Phi) is 3.95. The summed E-state index contributed by atoms with van der Waals surface area (Å²) in [5.41, 5.74) is 0. The number of hydrogen-bond donors (Lipinski definition) is 0. The van der Waals surface area contributed by atoms with Gasteiger partial charge in [0.05, 0.1) is 6.26 Å². The molecule has 0 amide bonds. The van der Waals surface area contributed by atoms with Crippen LogP contribution in [0.1, 0.15) is 39.0 Å². The zero-order valence-corrected chi connectivity index (χ0v) is 10.2. The molecule has 1 aliphatic rings. The van der Waals surface area contributed by atoms with Crippen molar-refractivity contribution < 1.29 is 8.42 Å². The van der Waals surface area contributed by atoms with E-state index in [1.54, 1.807) is 11.4 Å². The Morgan fingerprint density at radius 3 is 2.36 bits per heavy atom. The molecular weight excluding hydrogens is 198 g/mol. The monoisotopic (exact) mass is 219 g/mol. The molecule has 1 fully saturated rings. The second kappa shape index (κ2) is 4.62. The van der Waals surface area contributed by atoms with Gasteiger partial charge in [0.2, 0.25) is 10.0 Å². The number of sulfonamides is 1. The van der Waals surface area contributed by atoms with Gasteiger partial charge < -0.3 is 0 Å². The summed E-state index contributed by atoms with van der Waals surface area (Å²) in [6.07, 6.45) is 6.89. The van der Waals surface area contributed by atoms with E-state index in [-0.39, 0.29) is 6.04 Å². The Morgan fingerprint density at radius 1 is 1.14 bits per heavy atom. The molecule has 0 aromatic carbocycles. The van der Waals surface area contributed by atoms with Crippen molar-refractivity contribution in [3.63, 3.8) is 0 Å². The first-order valence-corrected chi connectivity index (χ1v) is 7.19. The van der Waals surface area contributed by atoms with Crippen LogP contribution >= 0.6 is 0 Å². The van der Waals surface area contributed by atoms with Crippen molar-refractivity contribution in [2.45, 2.75) is 45.1 Å². The fourth-order valence-corrected chi connectivity index (χ4v) is 2.85. The van der Waals surface area contributed by atoms with Crippen LogP contribution in [0, 0.1) is 5.92 Å². The summed E-state index contributed by atoms with van der Waals surface area (Å²) < 4.78 is 24.2. The molecule has 1 aliphatic carbocycles. The highest BCUT2D eigenvalue weighted by molar-refractivity contribution is 7.88. The standard InChI is InChI=1S/C10H21NO2S/c1-9-5-4-6-10(8-7-9)11(2)14(3,12)13/h9-10H,4-8H2,1-3H3. The topological polar surface area (TPSA) is 37.4 Å².